The Bertz CT molecular complexity index is 390. The van der Waals surface area contributed by atoms with Gasteiger partial charge < -0.3 is 4.90 Å². The average Bonchev–Trinajstić information content (AvgIpc) is 2.15. The van der Waals surface area contributed by atoms with Crippen LogP contribution in [-0.2, 0) is 9.59 Å². The zero-order chi connectivity index (χ0) is 11.4. The maximum Gasteiger partial charge on any atom is 0.234 e. The molecule has 4 heteroatoms. The largest absolute Gasteiger partial charge is 0.315 e. The summed E-state index contributed by atoms with van der Waals surface area (Å²) in [5.74, 6) is -0.317. The maximum absolute atomic E-state index is 11.6. The van der Waals surface area contributed by atoms with Gasteiger partial charge in [-0.25, -0.2) is 0 Å². The monoisotopic (exact) mass is 269 g/mol. The number of amides is 1. The van der Waals surface area contributed by atoms with E-state index in [1.165, 1.54) is 11.8 Å². The van der Waals surface area contributed by atoms with Crippen molar-refractivity contribution < 1.29 is 9.59 Å². The molecule has 1 aromatic rings. The number of benzene rings is 1. The van der Waals surface area contributed by atoms with Crippen LogP contribution < -0.4 is 4.90 Å². The molecule has 1 aromatic carbocycles. The molecule has 1 rings (SSSR count). The predicted octanol–water partition coefficient (Wildman–Crippen LogP) is 2.39. The molecule has 0 aromatic heterocycles. The zero-order valence-corrected chi connectivity index (χ0v) is 10.2. The van der Waals surface area contributed by atoms with Crippen LogP contribution in [0.2, 0.25) is 0 Å². The lowest BCUT2D eigenvalue weighted by molar-refractivity contribution is -0.125. The van der Waals surface area contributed by atoms with Gasteiger partial charge in [0, 0.05) is 17.2 Å². The van der Waals surface area contributed by atoms with Crippen molar-refractivity contribution in [2.24, 2.45) is 0 Å². The SMILES string of the molecule is CC(=O)CC(=O)N(C)c1cccc(Br)c1. The van der Waals surface area contributed by atoms with E-state index in [0.29, 0.717) is 0 Å². The lowest BCUT2D eigenvalue weighted by atomic mass is 10.2. The molecular weight excluding hydrogens is 258 g/mol. The van der Waals surface area contributed by atoms with Gasteiger partial charge in [0.1, 0.15) is 5.78 Å². The lowest BCUT2D eigenvalue weighted by Gasteiger charge is -2.16. The Balaban J connectivity index is 2.80. The van der Waals surface area contributed by atoms with E-state index < -0.39 is 0 Å². The summed E-state index contributed by atoms with van der Waals surface area (Å²) >= 11 is 3.33. The van der Waals surface area contributed by atoms with Crippen LogP contribution in [0.3, 0.4) is 0 Å². The summed E-state index contributed by atoms with van der Waals surface area (Å²) in [6.07, 6.45) is -0.0526. The van der Waals surface area contributed by atoms with Gasteiger partial charge in [0.15, 0.2) is 0 Å². The van der Waals surface area contributed by atoms with Crippen LogP contribution in [0.4, 0.5) is 5.69 Å². The zero-order valence-electron chi connectivity index (χ0n) is 8.66. The fraction of sp³-hybridized carbons (Fsp3) is 0.273. The number of anilines is 1. The van der Waals surface area contributed by atoms with E-state index in [0.717, 1.165) is 10.2 Å². The Hall–Kier alpha value is -1.16. The number of hydrogen-bond donors (Lipinski definition) is 0. The van der Waals surface area contributed by atoms with E-state index in [1.54, 1.807) is 7.05 Å². The smallest absolute Gasteiger partial charge is 0.234 e. The van der Waals surface area contributed by atoms with Crippen LogP contribution in [0.15, 0.2) is 28.7 Å². The van der Waals surface area contributed by atoms with Crippen LogP contribution in [0, 0.1) is 0 Å². The summed E-state index contributed by atoms with van der Waals surface area (Å²) < 4.78 is 0.905. The molecule has 0 saturated heterocycles. The summed E-state index contributed by atoms with van der Waals surface area (Å²) in [4.78, 5) is 23.8. The number of rotatable bonds is 3. The molecule has 0 unspecified atom stereocenters. The van der Waals surface area contributed by atoms with Crippen molar-refractivity contribution in [2.45, 2.75) is 13.3 Å². The summed E-state index contributed by atoms with van der Waals surface area (Å²) in [6.45, 7) is 1.41. The summed E-state index contributed by atoms with van der Waals surface area (Å²) in [5.41, 5.74) is 0.774. The molecule has 0 aliphatic rings. The standard InChI is InChI=1S/C11H12BrNO2/c1-8(14)6-11(15)13(2)10-5-3-4-9(12)7-10/h3-5,7H,6H2,1-2H3. The Morgan fingerprint density at radius 3 is 2.60 bits per heavy atom. The van der Waals surface area contributed by atoms with Gasteiger partial charge in [-0.05, 0) is 25.1 Å². The first-order valence-electron chi connectivity index (χ1n) is 4.52. The van der Waals surface area contributed by atoms with Crippen molar-refractivity contribution in [3.05, 3.63) is 28.7 Å². The summed E-state index contributed by atoms with van der Waals surface area (Å²) in [7, 11) is 1.66. The van der Waals surface area contributed by atoms with Crippen LogP contribution in [-0.4, -0.2) is 18.7 Å². The van der Waals surface area contributed by atoms with Crippen molar-refractivity contribution in [1.29, 1.82) is 0 Å². The number of nitrogens with zero attached hydrogens (tertiary/aromatic N) is 1. The highest BCUT2D eigenvalue weighted by Crippen LogP contribution is 2.19. The third-order valence-electron chi connectivity index (χ3n) is 1.97. The predicted molar refractivity (Wildman–Crippen MR) is 62.9 cm³/mol. The average molecular weight is 270 g/mol. The first-order chi connectivity index (χ1) is 7.00. The third kappa shape index (κ3) is 3.47. The maximum atomic E-state index is 11.6. The van der Waals surface area contributed by atoms with Crippen molar-refractivity contribution in [2.75, 3.05) is 11.9 Å². The van der Waals surface area contributed by atoms with Crippen molar-refractivity contribution in [3.63, 3.8) is 0 Å². The fourth-order valence-electron chi connectivity index (χ4n) is 1.16. The Kier molecular flexibility index (Phi) is 4.03. The molecule has 0 radical (unpaired) electrons. The van der Waals surface area contributed by atoms with E-state index in [9.17, 15) is 9.59 Å². The molecule has 0 saturated carbocycles. The summed E-state index contributed by atoms with van der Waals surface area (Å²) in [5, 5.41) is 0. The number of halogens is 1. The van der Waals surface area contributed by atoms with Crippen molar-refractivity contribution in [3.8, 4) is 0 Å². The molecule has 0 atom stereocenters. The van der Waals surface area contributed by atoms with E-state index in [4.69, 9.17) is 0 Å². The topological polar surface area (TPSA) is 37.4 Å². The normalized spacial score (nSPS) is 9.80. The molecule has 0 aliphatic carbocycles. The second-order valence-electron chi connectivity index (χ2n) is 3.31. The molecule has 3 nitrogen and oxygen atoms in total. The molecule has 0 aliphatic heterocycles. The van der Waals surface area contributed by atoms with E-state index >= 15 is 0 Å². The van der Waals surface area contributed by atoms with Gasteiger partial charge in [0.2, 0.25) is 5.91 Å². The van der Waals surface area contributed by atoms with Gasteiger partial charge in [0.25, 0.3) is 0 Å². The number of ketones is 1. The number of carbonyl (C=O) groups is 2. The van der Waals surface area contributed by atoms with Gasteiger partial charge in [-0.2, -0.15) is 0 Å². The molecule has 15 heavy (non-hydrogen) atoms. The van der Waals surface area contributed by atoms with Crippen LogP contribution in [0.5, 0.6) is 0 Å². The highest BCUT2D eigenvalue weighted by Gasteiger charge is 2.12. The van der Waals surface area contributed by atoms with E-state index in [2.05, 4.69) is 15.9 Å². The molecule has 1 amide bonds. The van der Waals surface area contributed by atoms with Crippen molar-refractivity contribution >= 4 is 33.3 Å². The quantitative estimate of drug-likeness (QED) is 0.791. The minimum absolute atomic E-state index is 0.0526. The van der Waals surface area contributed by atoms with Gasteiger partial charge in [0.05, 0.1) is 6.42 Å². The highest BCUT2D eigenvalue weighted by atomic mass is 79.9. The first-order valence-corrected chi connectivity index (χ1v) is 5.31. The minimum atomic E-state index is -0.194. The van der Waals surface area contributed by atoms with E-state index in [1.807, 2.05) is 24.3 Å². The molecule has 0 N–H and O–H groups in total. The number of Topliss-reactive ketones (excluding diaryl/α,β-unsaturated/α-hetero) is 1. The van der Waals surface area contributed by atoms with Gasteiger partial charge in [-0.15, -0.1) is 0 Å². The Labute approximate surface area is 97.2 Å². The van der Waals surface area contributed by atoms with Crippen LogP contribution >= 0.6 is 15.9 Å². The molecule has 0 bridgehead atoms. The number of carbonyl (C=O) groups excluding carboxylic acids is 2. The number of hydrogen-bond acceptors (Lipinski definition) is 2. The van der Waals surface area contributed by atoms with Gasteiger partial charge in [-0.3, -0.25) is 9.59 Å². The van der Waals surface area contributed by atoms with Crippen LogP contribution in [0.25, 0.3) is 0 Å². The fourth-order valence-corrected chi connectivity index (χ4v) is 1.55. The summed E-state index contributed by atoms with van der Waals surface area (Å²) in [6, 6.07) is 7.38. The van der Waals surface area contributed by atoms with Crippen molar-refractivity contribution in [1.82, 2.24) is 0 Å². The van der Waals surface area contributed by atoms with Gasteiger partial charge in [-0.1, -0.05) is 22.0 Å². The van der Waals surface area contributed by atoms with E-state index in [-0.39, 0.29) is 18.1 Å². The van der Waals surface area contributed by atoms with Gasteiger partial charge >= 0.3 is 0 Å². The Morgan fingerprint density at radius 2 is 2.07 bits per heavy atom. The Morgan fingerprint density at radius 1 is 1.40 bits per heavy atom. The molecular formula is C11H12BrNO2. The molecule has 80 valence electrons. The highest BCUT2D eigenvalue weighted by molar-refractivity contribution is 9.10. The molecule has 0 heterocycles. The molecule has 0 fully saturated rings. The first kappa shape index (κ1) is 11.9. The third-order valence-corrected chi connectivity index (χ3v) is 2.46. The minimum Gasteiger partial charge on any atom is -0.315 e. The molecule has 0 spiro atoms. The lowest BCUT2D eigenvalue weighted by Crippen LogP contribution is -2.27. The van der Waals surface area contributed by atoms with Crippen LogP contribution in [0.1, 0.15) is 13.3 Å². The second kappa shape index (κ2) is 5.07. The second-order valence-corrected chi connectivity index (χ2v) is 4.23.